The minimum Gasteiger partial charge on any atom is -0.386 e. The molecule has 0 radical (unpaired) electrons. The van der Waals surface area contributed by atoms with Crippen molar-refractivity contribution in [2.75, 3.05) is 25.1 Å². The second-order valence-corrected chi connectivity index (χ2v) is 5.35. The molecular formula is C7H15F2NO3S. The van der Waals surface area contributed by atoms with Crippen molar-refractivity contribution in [2.45, 2.75) is 19.0 Å². The molecule has 0 aliphatic rings. The van der Waals surface area contributed by atoms with Gasteiger partial charge in [0.1, 0.15) is 15.9 Å². The van der Waals surface area contributed by atoms with E-state index in [1.165, 1.54) is 0 Å². The van der Waals surface area contributed by atoms with Crippen LogP contribution in [-0.4, -0.2) is 51.2 Å². The van der Waals surface area contributed by atoms with Crippen LogP contribution in [0.25, 0.3) is 0 Å². The zero-order valence-electron chi connectivity index (χ0n) is 7.91. The first kappa shape index (κ1) is 13.7. The summed E-state index contributed by atoms with van der Waals surface area (Å²) < 4.78 is 44.8. The van der Waals surface area contributed by atoms with Gasteiger partial charge in [-0.2, -0.15) is 0 Å². The molecule has 0 saturated heterocycles. The highest BCUT2D eigenvalue weighted by atomic mass is 32.2. The van der Waals surface area contributed by atoms with Crippen molar-refractivity contribution in [3.8, 4) is 0 Å². The molecule has 0 rings (SSSR count). The fraction of sp³-hybridized carbons (Fsp3) is 1.00. The maximum atomic E-state index is 11.7. The van der Waals surface area contributed by atoms with Gasteiger partial charge in [0.2, 0.25) is 0 Å². The van der Waals surface area contributed by atoms with Crippen molar-refractivity contribution in [3.05, 3.63) is 0 Å². The molecule has 0 heterocycles. The van der Waals surface area contributed by atoms with Crippen LogP contribution >= 0.6 is 0 Å². The molecule has 0 spiro atoms. The van der Waals surface area contributed by atoms with E-state index >= 15 is 0 Å². The van der Waals surface area contributed by atoms with Crippen LogP contribution in [0.1, 0.15) is 6.42 Å². The number of sulfone groups is 1. The number of nitrogens with one attached hydrogen (secondary N) is 1. The van der Waals surface area contributed by atoms with E-state index in [1.807, 2.05) is 0 Å². The fourth-order valence-corrected chi connectivity index (χ4v) is 1.47. The molecule has 4 nitrogen and oxygen atoms in total. The number of aliphatic hydroxyl groups is 1. The van der Waals surface area contributed by atoms with Crippen LogP contribution in [-0.2, 0) is 9.84 Å². The monoisotopic (exact) mass is 231 g/mol. The molecule has 0 bridgehead atoms. The van der Waals surface area contributed by atoms with Gasteiger partial charge in [0.15, 0.2) is 0 Å². The number of alkyl halides is 2. The SMILES string of the molecule is CS(=O)(=O)CCCNCC(O)C(F)F. The second kappa shape index (κ2) is 6.26. The predicted octanol–water partition coefficient (Wildman–Crippen LogP) is -0.363. The summed E-state index contributed by atoms with van der Waals surface area (Å²) in [6.45, 7) is 0.0816. The van der Waals surface area contributed by atoms with Gasteiger partial charge in [-0.05, 0) is 13.0 Å². The van der Waals surface area contributed by atoms with Crippen LogP contribution in [0.4, 0.5) is 8.78 Å². The van der Waals surface area contributed by atoms with E-state index in [-0.39, 0.29) is 12.3 Å². The molecule has 0 aromatic rings. The summed E-state index contributed by atoms with van der Waals surface area (Å²) in [7, 11) is -2.99. The van der Waals surface area contributed by atoms with E-state index in [4.69, 9.17) is 5.11 Å². The van der Waals surface area contributed by atoms with Crippen molar-refractivity contribution >= 4 is 9.84 Å². The lowest BCUT2D eigenvalue weighted by Gasteiger charge is -2.09. The quantitative estimate of drug-likeness (QED) is 0.587. The van der Waals surface area contributed by atoms with Crippen LogP contribution in [0, 0.1) is 0 Å². The Balaban J connectivity index is 3.39. The Bertz CT molecular complexity index is 243. The molecule has 14 heavy (non-hydrogen) atoms. The lowest BCUT2D eigenvalue weighted by Crippen LogP contribution is -2.33. The van der Waals surface area contributed by atoms with Crippen molar-refractivity contribution in [3.63, 3.8) is 0 Å². The normalized spacial score (nSPS) is 14.6. The van der Waals surface area contributed by atoms with Gasteiger partial charge < -0.3 is 10.4 Å². The molecule has 1 unspecified atom stereocenters. The van der Waals surface area contributed by atoms with Crippen LogP contribution in [0.3, 0.4) is 0 Å². The Morgan fingerprint density at radius 3 is 2.43 bits per heavy atom. The van der Waals surface area contributed by atoms with Gasteiger partial charge in [0.05, 0.1) is 5.75 Å². The van der Waals surface area contributed by atoms with E-state index in [2.05, 4.69) is 5.32 Å². The second-order valence-electron chi connectivity index (χ2n) is 3.09. The molecule has 0 aromatic heterocycles. The average molecular weight is 231 g/mol. The molecule has 0 amide bonds. The maximum Gasteiger partial charge on any atom is 0.265 e. The summed E-state index contributed by atoms with van der Waals surface area (Å²) in [6.07, 6.45) is -2.99. The Morgan fingerprint density at radius 1 is 1.43 bits per heavy atom. The first-order chi connectivity index (χ1) is 6.33. The molecule has 2 N–H and O–H groups in total. The lowest BCUT2D eigenvalue weighted by molar-refractivity contribution is -0.00311. The molecule has 0 aromatic carbocycles. The smallest absolute Gasteiger partial charge is 0.265 e. The van der Waals surface area contributed by atoms with Crippen LogP contribution in [0.5, 0.6) is 0 Å². The Labute approximate surface area is 82.2 Å². The molecule has 0 fully saturated rings. The van der Waals surface area contributed by atoms with Crippen molar-refractivity contribution in [2.24, 2.45) is 0 Å². The summed E-state index contributed by atoms with van der Waals surface area (Å²) in [5.74, 6) is 0.0186. The van der Waals surface area contributed by atoms with Gasteiger partial charge >= 0.3 is 0 Å². The Morgan fingerprint density at radius 2 is 2.00 bits per heavy atom. The Hall–Kier alpha value is -0.270. The first-order valence-electron chi connectivity index (χ1n) is 4.17. The molecule has 0 saturated carbocycles. The van der Waals surface area contributed by atoms with E-state index in [0.717, 1.165) is 6.26 Å². The maximum absolute atomic E-state index is 11.7. The fourth-order valence-electron chi connectivity index (χ4n) is 0.798. The number of aliphatic hydroxyl groups excluding tert-OH is 1. The summed E-state index contributed by atoms with van der Waals surface area (Å²) in [5.41, 5.74) is 0. The molecule has 0 aliphatic carbocycles. The van der Waals surface area contributed by atoms with Gasteiger partial charge in [-0.1, -0.05) is 0 Å². The highest BCUT2D eigenvalue weighted by Gasteiger charge is 2.15. The molecule has 7 heteroatoms. The standard InChI is InChI=1S/C7H15F2NO3S/c1-14(12,13)4-2-3-10-5-6(11)7(8)9/h6-7,10-11H,2-5H2,1H3. The number of hydrogen-bond donors (Lipinski definition) is 2. The predicted molar refractivity (Wildman–Crippen MR) is 49.2 cm³/mol. The molecule has 1 atom stereocenters. The largest absolute Gasteiger partial charge is 0.386 e. The summed E-state index contributed by atoms with van der Waals surface area (Å²) in [6, 6.07) is 0. The van der Waals surface area contributed by atoms with Gasteiger partial charge in [-0.3, -0.25) is 0 Å². The minimum absolute atomic E-state index is 0.0186. The average Bonchev–Trinajstić information content (AvgIpc) is 2.01. The summed E-state index contributed by atoms with van der Waals surface area (Å²) in [5, 5.41) is 11.2. The van der Waals surface area contributed by atoms with Crippen molar-refractivity contribution in [1.29, 1.82) is 0 Å². The van der Waals surface area contributed by atoms with Crippen molar-refractivity contribution < 1.29 is 22.3 Å². The summed E-state index contributed by atoms with van der Waals surface area (Å²) >= 11 is 0. The van der Waals surface area contributed by atoms with E-state index in [9.17, 15) is 17.2 Å². The van der Waals surface area contributed by atoms with Gasteiger partial charge in [-0.25, -0.2) is 17.2 Å². The number of hydrogen-bond acceptors (Lipinski definition) is 4. The summed E-state index contributed by atoms with van der Waals surface area (Å²) in [4.78, 5) is 0. The lowest BCUT2D eigenvalue weighted by atomic mass is 10.3. The molecule has 0 aliphatic heterocycles. The highest BCUT2D eigenvalue weighted by molar-refractivity contribution is 7.90. The van der Waals surface area contributed by atoms with Crippen LogP contribution in [0.15, 0.2) is 0 Å². The van der Waals surface area contributed by atoms with Gasteiger partial charge in [0, 0.05) is 12.8 Å². The zero-order valence-corrected chi connectivity index (χ0v) is 8.73. The van der Waals surface area contributed by atoms with Crippen molar-refractivity contribution in [1.82, 2.24) is 5.32 Å². The highest BCUT2D eigenvalue weighted by Crippen LogP contribution is 1.98. The van der Waals surface area contributed by atoms with E-state index in [0.29, 0.717) is 13.0 Å². The first-order valence-corrected chi connectivity index (χ1v) is 6.23. The van der Waals surface area contributed by atoms with Gasteiger partial charge in [-0.15, -0.1) is 0 Å². The minimum atomic E-state index is -2.99. The van der Waals surface area contributed by atoms with E-state index < -0.39 is 22.4 Å². The molecular weight excluding hydrogens is 216 g/mol. The van der Waals surface area contributed by atoms with Crippen LogP contribution < -0.4 is 5.32 Å². The third-order valence-electron chi connectivity index (χ3n) is 1.51. The van der Waals surface area contributed by atoms with Crippen LogP contribution in [0.2, 0.25) is 0 Å². The van der Waals surface area contributed by atoms with Gasteiger partial charge in [0.25, 0.3) is 6.43 Å². The topological polar surface area (TPSA) is 66.4 Å². The number of halogens is 2. The third kappa shape index (κ3) is 8.33. The third-order valence-corrected chi connectivity index (χ3v) is 2.54. The Kier molecular flexibility index (Phi) is 6.14. The van der Waals surface area contributed by atoms with E-state index in [1.54, 1.807) is 0 Å². The zero-order chi connectivity index (χ0) is 11.2. The number of rotatable bonds is 7. The molecule has 86 valence electrons.